The van der Waals surface area contributed by atoms with Crippen LogP contribution in [0.15, 0.2) is 18.2 Å². The van der Waals surface area contributed by atoms with Gasteiger partial charge in [-0.15, -0.1) is 0 Å². The van der Waals surface area contributed by atoms with E-state index in [4.69, 9.17) is 0 Å². The number of aryl methyl sites for hydroxylation is 2. The molecule has 0 spiro atoms. The highest BCUT2D eigenvalue weighted by Crippen LogP contribution is 2.29. The van der Waals surface area contributed by atoms with Crippen LogP contribution in [0.1, 0.15) is 16.7 Å². The predicted molar refractivity (Wildman–Crippen MR) is 60.8 cm³/mol. The number of aliphatic hydroxyl groups excluding tert-OH is 1. The zero-order chi connectivity index (χ0) is 11.8. The minimum absolute atomic E-state index is 0.165. The molecule has 1 heterocycles. The van der Waals surface area contributed by atoms with Crippen molar-refractivity contribution in [1.82, 2.24) is 10.9 Å². The monoisotopic (exact) mass is 220 g/mol. The Morgan fingerprint density at radius 3 is 2.69 bits per heavy atom. The van der Waals surface area contributed by atoms with E-state index in [2.05, 4.69) is 10.9 Å². The smallest absolute Gasteiger partial charge is 0.248 e. The van der Waals surface area contributed by atoms with E-state index in [9.17, 15) is 9.90 Å². The summed E-state index contributed by atoms with van der Waals surface area (Å²) in [6.45, 7) is 4.21. The van der Waals surface area contributed by atoms with E-state index < -0.39 is 5.41 Å². The number of hydrogen-bond acceptors (Lipinski definition) is 3. The topological polar surface area (TPSA) is 61.4 Å². The van der Waals surface area contributed by atoms with E-state index in [-0.39, 0.29) is 12.5 Å². The molecule has 0 aromatic heterocycles. The van der Waals surface area contributed by atoms with Gasteiger partial charge in [0, 0.05) is 6.54 Å². The summed E-state index contributed by atoms with van der Waals surface area (Å²) in [4.78, 5) is 11.8. The first-order valence-corrected chi connectivity index (χ1v) is 5.32. The minimum atomic E-state index is -0.836. The van der Waals surface area contributed by atoms with Crippen LogP contribution in [0.3, 0.4) is 0 Å². The molecule has 1 aliphatic rings. The van der Waals surface area contributed by atoms with Crippen LogP contribution in [-0.2, 0) is 10.2 Å². The summed E-state index contributed by atoms with van der Waals surface area (Å²) in [5.74, 6) is -0.165. The summed E-state index contributed by atoms with van der Waals surface area (Å²) in [6, 6.07) is 5.91. The molecule has 4 nitrogen and oxygen atoms in total. The lowest BCUT2D eigenvalue weighted by Crippen LogP contribution is -2.41. The summed E-state index contributed by atoms with van der Waals surface area (Å²) in [6.07, 6.45) is 0. The van der Waals surface area contributed by atoms with Gasteiger partial charge in [-0.05, 0) is 25.0 Å². The molecule has 1 atom stereocenters. The molecule has 4 heteroatoms. The highest BCUT2D eigenvalue weighted by atomic mass is 16.3. The molecule has 1 aliphatic heterocycles. The van der Waals surface area contributed by atoms with Gasteiger partial charge < -0.3 is 5.11 Å². The van der Waals surface area contributed by atoms with Gasteiger partial charge in [0.15, 0.2) is 0 Å². The number of rotatable bonds is 2. The zero-order valence-electron chi connectivity index (χ0n) is 9.50. The number of carbonyl (C=O) groups excluding carboxylic acids is 1. The molecule has 86 valence electrons. The molecule has 16 heavy (non-hydrogen) atoms. The van der Waals surface area contributed by atoms with E-state index in [0.29, 0.717) is 6.54 Å². The molecule has 0 radical (unpaired) electrons. The fourth-order valence-corrected chi connectivity index (χ4v) is 2.26. The quantitative estimate of drug-likeness (QED) is 0.665. The van der Waals surface area contributed by atoms with Crippen molar-refractivity contribution < 1.29 is 9.90 Å². The van der Waals surface area contributed by atoms with Crippen LogP contribution >= 0.6 is 0 Å². The summed E-state index contributed by atoms with van der Waals surface area (Å²) in [7, 11) is 0. The van der Waals surface area contributed by atoms with Crippen molar-refractivity contribution in [2.24, 2.45) is 0 Å². The molecule has 1 aromatic rings. The second-order valence-electron chi connectivity index (χ2n) is 4.37. The van der Waals surface area contributed by atoms with Crippen LogP contribution in [0.5, 0.6) is 0 Å². The van der Waals surface area contributed by atoms with Gasteiger partial charge in [0.25, 0.3) is 0 Å². The van der Waals surface area contributed by atoms with Gasteiger partial charge in [0.05, 0.1) is 6.61 Å². The van der Waals surface area contributed by atoms with Crippen molar-refractivity contribution in [3.8, 4) is 0 Å². The average molecular weight is 220 g/mol. The van der Waals surface area contributed by atoms with Crippen molar-refractivity contribution in [3.63, 3.8) is 0 Å². The van der Waals surface area contributed by atoms with Crippen LogP contribution in [0.25, 0.3) is 0 Å². The molecule has 0 saturated carbocycles. The van der Waals surface area contributed by atoms with E-state index in [1.165, 1.54) is 0 Å². The third-order valence-corrected chi connectivity index (χ3v) is 3.19. The molecule has 1 amide bonds. The SMILES string of the molecule is Cc1ccc(C2(CO)CNNC2=O)c(C)c1. The lowest BCUT2D eigenvalue weighted by Gasteiger charge is -2.25. The number of amides is 1. The van der Waals surface area contributed by atoms with Crippen molar-refractivity contribution in [2.45, 2.75) is 19.3 Å². The second-order valence-corrected chi connectivity index (χ2v) is 4.37. The van der Waals surface area contributed by atoms with Crippen LogP contribution in [0.2, 0.25) is 0 Å². The largest absolute Gasteiger partial charge is 0.395 e. The molecule has 1 fully saturated rings. The van der Waals surface area contributed by atoms with Gasteiger partial charge in [-0.2, -0.15) is 0 Å². The van der Waals surface area contributed by atoms with Crippen molar-refractivity contribution in [2.75, 3.05) is 13.2 Å². The Labute approximate surface area is 94.6 Å². The fraction of sp³-hybridized carbons (Fsp3) is 0.417. The van der Waals surface area contributed by atoms with Gasteiger partial charge in [0.2, 0.25) is 5.91 Å². The number of aliphatic hydroxyl groups is 1. The maximum absolute atomic E-state index is 11.8. The van der Waals surface area contributed by atoms with Crippen molar-refractivity contribution >= 4 is 5.91 Å². The normalized spacial score (nSPS) is 24.6. The molecular weight excluding hydrogens is 204 g/mol. The van der Waals surface area contributed by atoms with Crippen LogP contribution in [0, 0.1) is 13.8 Å². The molecular formula is C12H16N2O2. The lowest BCUT2D eigenvalue weighted by molar-refractivity contribution is -0.125. The van der Waals surface area contributed by atoms with Gasteiger partial charge in [-0.3, -0.25) is 10.2 Å². The Kier molecular flexibility index (Phi) is 2.69. The van der Waals surface area contributed by atoms with Crippen LogP contribution in [-0.4, -0.2) is 24.2 Å². The van der Waals surface area contributed by atoms with E-state index >= 15 is 0 Å². The molecule has 3 N–H and O–H groups in total. The molecule has 0 bridgehead atoms. The van der Waals surface area contributed by atoms with Crippen molar-refractivity contribution in [1.29, 1.82) is 0 Å². The highest BCUT2D eigenvalue weighted by molar-refractivity contribution is 5.90. The number of benzene rings is 1. The third-order valence-electron chi connectivity index (χ3n) is 3.19. The maximum atomic E-state index is 11.8. The second kappa shape index (κ2) is 3.88. The molecule has 1 unspecified atom stereocenters. The van der Waals surface area contributed by atoms with E-state index in [1.54, 1.807) is 0 Å². The first-order chi connectivity index (χ1) is 7.60. The summed E-state index contributed by atoms with van der Waals surface area (Å²) < 4.78 is 0. The fourth-order valence-electron chi connectivity index (χ4n) is 2.26. The first-order valence-electron chi connectivity index (χ1n) is 5.32. The van der Waals surface area contributed by atoms with Crippen LogP contribution in [0.4, 0.5) is 0 Å². The van der Waals surface area contributed by atoms with Gasteiger partial charge in [-0.25, -0.2) is 5.43 Å². The summed E-state index contributed by atoms with van der Waals surface area (Å²) in [5, 5.41) is 9.53. The number of carbonyl (C=O) groups is 1. The Morgan fingerprint density at radius 2 is 2.19 bits per heavy atom. The zero-order valence-corrected chi connectivity index (χ0v) is 9.50. The van der Waals surface area contributed by atoms with Gasteiger partial charge >= 0.3 is 0 Å². The van der Waals surface area contributed by atoms with E-state index in [0.717, 1.165) is 16.7 Å². The molecule has 1 aromatic carbocycles. The number of hydrogen-bond donors (Lipinski definition) is 3. The Hall–Kier alpha value is -1.39. The molecule has 0 aliphatic carbocycles. The Morgan fingerprint density at radius 1 is 1.44 bits per heavy atom. The number of hydrazine groups is 1. The first kappa shape index (κ1) is 11.1. The van der Waals surface area contributed by atoms with Crippen molar-refractivity contribution in [3.05, 3.63) is 34.9 Å². The third kappa shape index (κ3) is 1.50. The summed E-state index contributed by atoms with van der Waals surface area (Å²) >= 11 is 0. The molecule has 1 saturated heterocycles. The highest BCUT2D eigenvalue weighted by Gasteiger charge is 2.44. The lowest BCUT2D eigenvalue weighted by atomic mass is 9.79. The predicted octanol–water partition coefficient (Wildman–Crippen LogP) is 0.168. The standard InChI is InChI=1S/C12H16N2O2/c1-8-3-4-10(9(2)5-8)12(7-15)6-13-14-11(12)16/h3-5,13,15H,6-7H2,1-2H3,(H,14,16). The minimum Gasteiger partial charge on any atom is -0.395 e. The maximum Gasteiger partial charge on any atom is 0.248 e. The van der Waals surface area contributed by atoms with Gasteiger partial charge in [0.1, 0.15) is 5.41 Å². The number of nitrogens with one attached hydrogen (secondary N) is 2. The van der Waals surface area contributed by atoms with Gasteiger partial charge in [-0.1, -0.05) is 23.8 Å². The molecule has 2 rings (SSSR count). The average Bonchev–Trinajstić information content (AvgIpc) is 2.61. The van der Waals surface area contributed by atoms with Crippen LogP contribution < -0.4 is 10.9 Å². The van der Waals surface area contributed by atoms with E-state index in [1.807, 2.05) is 32.0 Å². The summed E-state index contributed by atoms with van der Waals surface area (Å²) in [5.41, 5.74) is 7.59. The Bertz CT molecular complexity index is 431. The Balaban J connectivity index is 2.52.